The van der Waals surface area contributed by atoms with Gasteiger partial charge >= 0.3 is 0 Å². The molecule has 1 aromatic carbocycles. The molecule has 0 amide bonds. The molecule has 1 aromatic heterocycles. The van der Waals surface area contributed by atoms with E-state index in [9.17, 15) is 0 Å². The molecule has 0 atom stereocenters. The van der Waals surface area contributed by atoms with Crippen molar-refractivity contribution < 1.29 is 4.74 Å². The third kappa shape index (κ3) is 3.90. The average Bonchev–Trinajstić information content (AvgIpc) is 2.46. The van der Waals surface area contributed by atoms with Crippen molar-refractivity contribution in [2.24, 2.45) is 0 Å². The molecule has 21 heavy (non-hydrogen) atoms. The molecule has 0 saturated heterocycles. The molecule has 0 aliphatic heterocycles. The fraction of sp³-hybridized carbons (Fsp3) is 0.353. The van der Waals surface area contributed by atoms with Gasteiger partial charge in [-0.2, -0.15) is 0 Å². The van der Waals surface area contributed by atoms with Crippen LogP contribution in [-0.2, 0) is 0 Å². The van der Waals surface area contributed by atoms with E-state index in [4.69, 9.17) is 27.9 Å². The van der Waals surface area contributed by atoms with Gasteiger partial charge in [0.25, 0.3) is 0 Å². The molecule has 0 radical (unpaired) electrons. The van der Waals surface area contributed by atoms with E-state index in [0.717, 1.165) is 35.4 Å². The van der Waals surface area contributed by atoms with Crippen LogP contribution < -0.4 is 4.74 Å². The standard InChI is InChI=1S/C17H19Cl2NO/c1-4-13(5-2)21-14-8-11(3)17(20-10-14)15-7-6-12(18)9-16(15)19/h6-10,13H,4-5H2,1-3H3. The Balaban J connectivity index is 2.31. The first kappa shape index (κ1) is 16.1. The molecule has 2 nitrogen and oxygen atoms in total. The molecule has 1 heterocycles. The summed E-state index contributed by atoms with van der Waals surface area (Å²) in [4.78, 5) is 4.51. The summed E-state index contributed by atoms with van der Waals surface area (Å²) in [6.45, 7) is 6.25. The number of halogens is 2. The first-order valence-electron chi connectivity index (χ1n) is 7.13. The zero-order valence-electron chi connectivity index (χ0n) is 12.5. The minimum atomic E-state index is 0.233. The van der Waals surface area contributed by atoms with Crippen LogP contribution in [0.25, 0.3) is 11.3 Å². The molecular weight excluding hydrogens is 305 g/mol. The van der Waals surface area contributed by atoms with Crippen molar-refractivity contribution in [3.05, 3.63) is 46.1 Å². The van der Waals surface area contributed by atoms with Crippen LogP contribution in [0.2, 0.25) is 10.0 Å². The number of benzene rings is 1. The molecule has 112 valence electrons. The van der Waals surface area contributed by atoms with Crippen molar-refractivity contribution in [3.63, 3.8) is 0 Å². The maximum Gasteiger partial charge on any atom is 0.138 e. The Labute approximate surface area is 136 Å². The van der Waals surface area contributed by atoms with Crippen LogP contribution >= 0.6 is 23.2 Å². The maximum atomic E-state index is 6.25. The van der Waals surface area contributed by atoms with E-state index in [2.05, 4.69) is 18.8 Å². The number of nitrogens with zero attached hydrogens (tertiary/aromatic N) is 1. The highest BCUT2D eigenvalue weighted by molar-refractivity contribution is 6.36. The van der Waals surface area contributed by atoms with Crippen LogP contribution in [0.15, 0.2) is 30.5 Å². The summed E-state index contributed by atoms with van der Waals surface area (Å²) in [5.74, 6) is 0.801. The average molecular weight is 324 g/mol. The second kappa shape index (κ2) is 7.15. The molecule has 0 aliphatic rings. The first-order valence-corrected chi connectivity index (χ1v) is 7.89. The number of aryl methyl sites for hydroxylation is 1. The highest BCUT2D eigenvalue weighted by atomic mass is 35.5. The molecular formula is C17H19Cl2NO. The normalized spacial score (nSPS) is 11.0. The molecule has 4 heteroatoms. The van der Waals surface area contributed by atoms with Crippen LogP contribution in [-0.4, -0.2) is 11.1 Å². The SMILES string of the molecule is CCC(CC)Oc1cnc(-c2ccc(Cl)cc2Cl)c(C)c1. The lowest BCUT2D eigenvalue weighted by Gasteiger charge is -2.16. The molecule has 0 unspecified atom stereocenters. The number of ether oxygens (including phenoxy) is 1. The van der Waals surface area contributed by atoms with Crippen molar-refractivity contribution in [1.82, 2.24) is 4.98 Å². The van der Waals surface area contributed by atoms with Gasteiger partial charge in [-0.25, -0.2) is 0 Å². The summed E-state index contributed by atoms with van der Waals surface area (Å²) in [6, 6.07) is 7.44. The first-order chi connectivity index (χ1) is 10.0. The lowest BCUT2D eigenvalue weighted by Crippen LogP contribution is -2.13. The minimum Gasteiger partial charge on any atom is -0.489 e. The Morgan fingerprint density at radius 1 is 1.14 bits per heavy atom. The fourth-order valence-electron chi connectivity index (χ4n) is 2.22. The van der Waals surface area contributed by atoms with Gasteiger partial charge < -0.3 is 4.74 Å². The van der Waals surface area contributed by atoms with Gasteiger partial charge in [0.05, 0.1) is 23.0 Å². The summed E-state index contributed by atoms with van der Waals surface area (Å²) >= 11 is 12.2. The van der Waals surface area contributed by atoms with Crippen LogP contribution in [0.3, 0.4) is 0 Å². The van der Waals surface area contributed by atoms with Crippen molar-refractivity contribution in [1.29, 1.82) is 0 Å². The number of pyridine rings is 1. The molecule has 0 fully saturated rings. The van der Waals surface area contributed by atoms with Gasteiger partial charge in [0.1, 0.15) is 5.75 Å². The van der Waals surface area contributed by atoms with Gasteiger partial charge in [-0.05, 0) is 49.6 Å². The van der Waals surface area contributed by atoms with Crippen molar-refractivity contribution in [3.8, 4) is 17.0 Å². The van der Waals surface area contributed by atoms with Crippen LogP contribution in [0.1, 0.15) is 32.3 Å². The van der Waals surface area contributed by atoms with Gasteiger partial charge in [-0.15, -0.1) is 0 Å². The zero-order valence-corrected chi connectivity index (χ0v) is 14.0. The van der Waals surface area contributed by atoms with Gasteiger partial charge in [0, 0.05) is 10.6 Å². The van der Waals surface area contributed by atoms with Crippen LogP contribution in [0, 0.1) is 6.92 Å². The Bertz CT molecular complexity index is 624. The van der Waals surface area contributed by atoms with E-state index < -0.39 is 0 Å². The monoisotopic (exact) mass is 323 g/mol. The molecule has 2 aromatic rings. The van der Waals surface area contributed by atoms with Crippen molar-refractivity contribution in [2.45, 2.75) is 39.7 Å². The molecule has 0 N–H and O–H groups in total. The molecule has 0 saturated carbocycles. The van der Waals surface area contributed by atoms with E-state index in [1.54, 1.807) is 12.3 Å². The van der Waals surface area contributed by atoms with Crippen molar-refractivity contribution in [2.75, 3.05) is 0 Å². The molecule has 0 spiro atoms. The predicted octanol–water partition coefficient (Wildman–Crippen LogP) is 5.93. The lowest BCUT2D eigenvalue weighted by atomic mass is 10.1. The van der Waals surface area contributed by atoms with E-state index in [0.29, 0.717) is 10.0 Å². The topological polar surface area (TPSA) is 22.1 Å². The largest absolute Gasteiger partial charge is 0.489 e. The second-order valence-electron chi connectivity index (χ2n) is 5.02. The number of aromatic nitrogens is 1. The summed E-state index contributed by atoms with van der Waals surface area (Å²) in [5, 5.41) is 1.22. The maximum absolute atomic E-state index is 6.25. The number of hydrogen-bond donors (Lipinski definition) is 0. The summed E-state index contributed by atoms with van der Waals surface area (Å²) < 4.78 is 5.92. The van der Waals surface area contributed by atoms with Gasteiger partial charge in [-0.1, -0.05) is 37.0 Å². The molecule has 0 bridgehead atoms. The lowest BCUT2D eigenvalue weighted by molar-refractivity contribution is 0.192. The van der Waals surface area contributed by atoms with Crippen molar-refractivity contribution >= 4 is 23.2 Å². The summed E-state index contributed by atoms with van der Waals surface area (Å²) in [5.41, 5.74) is 2.77. The predicted molar refractivity (Wildman–Crippen MR) is 89.4 cm³/mol. The van der Waals surface area contributed by atoms with Gasteiger partial charge in [-0.3, -0.25) is 4.98 Å². The summed E-state index contributed by atoms with van der Waals surface area (Å²) in [6.07, 6.45) is 3.96. The van der Waals surface area contributed by atoms with E-state index in [1.807, 2.05) is 25.1 Å². The Morgan fingerprint density at radius 3 is 2.43 bits per heavy atom. The highest BCUT2D eigenvalue weighted by Crippen LogP contribution is 2.32. The fourth-order valence-corrected chi connectivity index (χ4v) is 2.72. The van der Waals surface area contributed by atoms with Crippen LogP contribution in [0.4, 0.5) is 0 Å². The van der Waals surface area contributed by atoms with E-state index in [-0.39, 0.29) is 6.10 Å². The van der Waals surface area contributed by atoms with Crippen LogP contribution in [0.5, 0.6) is 5.75 Å². The summed E-state index contributed by atoms with van der Waals surface area (Å²) in [7, 11) is 0. The quantitative estimate of drug-likeness (QED) is 0.680. The van der Waals surface area contributed by atoms with E-state index >= 15 is 0 Å². The zero-order chi connectivity index (χ0) is 15.4. The third-order valence-electron chi connectivity index (χ3n) is 3.45. The Hall–Kier alpha value is -1.25. The Kier molecular flexibility index (Phi) is 5.49. The smallest absolute Gasteiger partial charge is 0.138 e. The Morgan fingerprint density at radius 2 is 1.86 bits per heavy atom. The molecule has 0 aliphatic carbocycles. The molecule has 2 rings (SSSR count). The van der Waals surface area contributed by atoms with Gasteiger partial charge in [0.2, 0.25) is 0 Å². The number of rotatable bonds is 5. The highest BCUT2D eigenvalue weighted by Gasteiger charge is 2.11. The second-order valence-corrected chi connectivity index (χ2v) is 5.86. The number of hydrogen-bond acceptors (Lipinski definition) is 2. The van der Waals surface area contributed by atoms with Gasteiger partial charge in [0.15, 0.2) is 0 Å². The third-order valence-corrected chi connectivity index (χ3v) is 4.00. The van der Waals surface area contributed by atoms with E-state index in [1.165, 1.54) is 0 Å². The minimum absolute atomic E-state index is 0.233.